The van der Waals surface area contributed by atoms with E-state index in [-0.39, 0.29) is 18.6 Å². The van der Waals surface area contributed by atoms with Gasteiger partial charge in [-0.2, -0.15) is 0 Å². The van der Waals surface area contributed by atoms with Crippen molar-refractivity contribution in [2.45, 2.75) is 26.8 Å². The molecule has 100 valence electrons. The lowest BCUT2D eigenvalue weighted by molar-refractivity contribution is -0.131. The first-order valence-electron chi connectivity index (χ1n) is 6.18. The third-order valence-electron chi connectivity index (χ3n) is 2.91. The third kappa shape index (κ3) is 3.74. The number of carbonyl (C=O) groups is 1. The molecule has 0 aromatic heterocycles. The van der Waals surface area contributed by atoms with E-state index in [1.54, 1.807) is 11.9 Å². The van der Waals surface area contributed by atoms with Crippen molar-refractivity contribution >= 4 is 5.91 Å². The number of hydrogen-bond acceptors (Lipinski definition) is 3. The molecule has 0 aliphatic rings. The van der Waals surface area contributed by atoms with Crippen molar-refractivity contribution in [1.29, 1.82) is 0 Å². The van der Waals surface area contributed by atoms with E-state index in [9.17, 15) is 4.79 Å². The maximum absolute atomic E-state index is 11.7. The van der Waals surface area contributed by atoms with Gasteiger partial charge in [-0.05, 0) is 32.4 Å². The summed E-state index contributed by atoms with van der Waals surface area (Å²) in [4.78, 5) is 13.3. The van der Waals surface area contributed by atoms with Gasteiger partial charge in [-0.25, -0.2) is 0 Å². The van der Waals surface area contributed by atoms with Gasteiger partial charge in [-0.1, -0.05) is 12.1 Å². The van der Waals surface area contributed by atoms with Crippen molar-refractivity contribution in [2.24, 2.45) is 5.73 Å². The number of ether oxygens (including phenoxy) is 1. The summed E-state index contributed by atoms with van der Waals surface area (Å²) in [7, 11) is 1.76. The Balaban J connectivity index is 2.77. The number of aryl methyl sites for hydroxylation is 1. The number of carbonyl (C=O) groups excluding carboxylic acids is 1. The van der Waals surface area contributed by atoms with Crippen molar-refractivity contribution in [3.8, 4) is 5.75 Å². The van der Waals surface area contributed by atoms with E-state index in [4.69, 9.17) is 10.5 Å². The molecule has 0 aliphatic carbocycles. The van der Waals surface area contributed by atoms with Gasteiger partial charge >= 0.3 is 0 Å². The van der Waals surface area contributed by atoms with Crippen molar-refractivity contribution in [3.05, 3.63) is 29.3 Å². The average molecular weight is 250 g/mol. The van der Waals surface area contributed by atoms with Gasteiger partial charge in [0.1, 0.15) is 5.75 Å². The fourth-order valence-electron chi connectivity index (χ4n) is 1.57. The van der Waals surface area contributed by atoms with Crippen LogP contribution >= 0.6 is 0 Å². The smallest absolute Gasteiger partial charge is 0.260 e. The molecule has 4 nitrogen and oxygen atoms in total. The maximum atomic E-state index is 11.7. The zero-order chi connectivity index (χ0) is 13.7. The van der Waals surface area contributed by atoms with Crippen molar-refractivity contribution in [2.75, 3.05) is 20.2 Å². The molecular weight excluding hydrogens is 228 g/mol. The van der Waals surface area contributed by atoms with Crippen molar-refractivity contribution in [3.63, 3.8) is 0 Å². The molecule has 0 saturated heterocycles. The molecule has 1 rings (SSSR count). The minimum atomic E-state index is -0.111. The predicted octanol–water partition coefficient (Wildman–Crippen LogP) is 1.87. The van der Waals surface area contributed by atoms with Crippen LogP contribution in [0.4, 0.5) is 0 Å². The third-order valence-corrected chi connectivity index (χ3v) is 2.91. The lowest BCUT2D eigenvalue weighted by Gasteiger charge is -2.17. The molecule has 0 fully saturated rings. The molecule has 0 saturated carbocycles. The largest absolute Gasteiger partial charge is 0.483 e. The SMILES string of the molecule is CCN(C)C(=O)COc1cc(C)ccc1C(C)N. The van der Waals surface area contributed by atoms with Gasteiger partial charge in [0.25, 0.3) is 5.91 Å². The molecule has 1 unspecified atom stereocenters. The second-order valence-corrected chi connectivity index (χ2v) is 4.53. The molecular formula is C14H22N2O2. The molecule has 1 aromatic rings. The molecule has 1 atom stereocenters. The lowest BCUT2D eigenvalue weighted by atomic mass is 10.1. The normalized spacial score (nSPS) is 12.1. The Kier molecular flexibility index (Phi) is 5.16. The summed E-state index contributed by atoms with van der Waals surface area (Å²) in [6.45, 7) is 6.54. The van der Waals surface area contributed by atoms with Crippen LogP contribution in [0.5, 0.6) is 5.75 Å². The van der Waals surface area contributed by atoms with Crippen LogP contribution in [-0.2, 0) is 4.79 Å². The van der Waals surface area contributed by atoms with Crippen LogP contribution in [0.3, 0.4) is 0 Å². The van der Waals surface area contributed by atoms with E-state index in [0.29, 0.717) is 12.3 Å². The molecule has 18 heavy (non-hydrogen) atoms. The Morgan fingerprint density at radius 2 is 2.17 bits per heavy atom. The Morgan fingerprint density at radius 1 is 1.50 bits per heavy atom. The van der Waals surface area contributed by atoms with Crippen LogP contribution in [0.1, 0.15) is 31.0 Å². The first kappa shape index (κ1) is 14.5. The average Bonchev–Trinajstić information content (AvgIpc) is 2.34. The van der Waals surface area contributed by atoms with Crippen LogP contribution < -0.4 is 10.5 Å². The van der Waals surface area contributed by atoms with E-state index < -0.39 is 0 Å². The summed E-state index contributed by atoms with van der Waals surface area (Å²) in [5, 5.41) is 0. The fourth-order valence-corrected chi connectivity index (χ4v) is 1.57. The molecule has 4 heteroatoms. The van der Waals surface area contributed by atoms with Crippen molar-refractivity contribution in [1.82, 2.24) is 4.90 Å². The number of nitrogens with zero attached hydrogens (tertiary/aromatic N) is 1. The van der Waals surface area contributed by atoms with E-state index in [1.807, 2.05) is 39.0 Å². The molecule has 1 amide bonds. The Hall–Kier alpha value is -1.55. The van der Waals surface area contributed by atoms with Gasteiger partial charge in [0.15, 0.2) is 6.61 Å². The van der Waals surface area contributed by atoms with E-state index in [1.165, 1.54) is 0 Å². The minimum absolute atomic E-state index is 0.0327. The van der Waals surface area contributed by atoms with Gasteiger partial charge in [0.05, 0.1) is 0 Å². The summed E-state index contributed by atoms with van der Waals surface area (Å²) in [5.74, 6) is 0.664. The van der Waals surface area contributed by atoms with Gasteiger partial charge in [-0.15, -0.1) is 0 Å². The highest BCUT2D eigenvalue weighted by atomic mass is 16.5. The first-order chi connectivity index (χ1) is 8.45. The predicted molar refractivity (Wildman–Crippen MR) is 72.6 cm³/mol. The van der Waals surface area contributed by atoms with Gasteiger partial charge in [-0.3, -0.25) is 4.79 Å². The molecule has 0 spiro atoms. The number of likely N-dealkylation sites (N-methyl/N-ethyl adjacent to an activating group) is 1. The zero-order valence-electron chi connectivity index (χ0n) is 11.6. The summed E-state index contributed by atoms with van der Waals surface area (Å²) in [5.41, 5.74) is 7.89. The van der Waals surface area contributed by atoms with Crippen LogP contribution in [-0.4, -0.2) is 31.0 Å². The highest BCUT2D eigenvalue weighted by molar-refractivity contribution is 5.77. The van der Waals surface area contributed by atoms with Gasteiger partial charge < -0.3 is 15.4 Å². The summed E-state index contributed by atoms with van der Waals surface area (Å²) >= 11 is 0. The van der Waals surface area contributed by atoms with Crippen molar-refractivity contribution < 1.29 is 9.53 Å². The Bertz CT molecular complexity index is 416. The Morgan fingerprint density at radius 3 is 2.72 bits per heavy atom. The molecule has 1 aromatic carbocycles. The highest BCUT2D eigenvalue weighted by Gasteiger charge is 2.12. The monoisotopic (exact) mass is 250 g/mol. The molecule has 2 N–H and O–H groups in total. The van der Waals surface area contributed by atoms with Gasteiger partial charge in [0.2, 0.25) is 0 Å². The highest BCUT2D eigenvalue weighted by Crippen LogP contribution is 2.25. The summed E-state index contributed by atoms with van der Waals surface area (Å²) in [6.07, 6.45) is 0. The number of rotatable bonds is 5. The number of hydrogen-bond donors (Lipinski definition) is 1. The van der Waals surface area contributed by atoms with Crippen LogP contribution in [0, 0.1) is 6.92 Å². The topological polar surface area (TPSA) is 55.6 Å². The second-order valence-electron chi connectivity index (χ2n) is 4.53. The van der Waals surface area contributed by atoms with Crippen LogP contribution in [0.15, 0.2) is 18.2 Å². The van der Waals surface area contributed by atoms with E-state index >= 15 is 0 Å². The van der Waals surface area contributed by atoms with E-state index in [0.717, 1.165) is 11.1 Å². The molecule has 0 bridgehead atoms. The van der Waals surface area contributed by atoms with Gasteiger partial charge in [0, 0.05) is 25.2 Å². The Labute approximate surface area is 109 Å². The number of nitrogens with two attached hydrogens (primary N) is 1. The van der Waals surface area contributed by atoms with E-state index in [2.05, 4.69) is 0 Å². The molecule has 0 heterocycles. The summed E-state index contributed by atoms with van der Waals surface area (Å²) < 4.78 is 5.59. The molecule has 0 aliphatic heterocycles. The standard InChI is InChI=1S/C14H22N2O2/c1-5-16(4)14(17)9-18-13-8-10(2)6-7-12(13)11(3)15/h6-8,11H,5,9,15H2,1-4H3. The van der Waals surface area contributed by atoms with Crippen LogP contribution in [0.25, 0.3) is 0 Å². The molecule has 0 radical (unpaired) electrons. The quantitative estimate of drug-likeness (QED) is 0.868. The first-order valence-corrected chi connectivity index (χ1v) is 6.18. The zero-order valence-corrected chi connectivity index (χ0v) is 11.6. The summed E-state index contributed by atoms with van der Waals surface area (Å²) in [6, 6.07) is 5.74. The second kappa shape index (κ2) is 6.40. The number of benzene rings is 1. The number of amides is 1. The maximum Gasteiger partial charge on any atom is 0.260 e. The lowest BCUT2D eigenvalue weighted by Crippen LogP contribution is -2.31. The minimum Gasteiger partial charge on any atom is -0.483 e. The van der Waals surface area contributed by atoms with Crippen LogP contribution in [0.2, 0.25) is 0 Å². The fraction of sp³-hybridized carbons (Fsp3) is 0.500.